The van der Waals surface area contributed by atoms with Gasteiger partial charge in [0.2, 0.25) is 0 Å². The van der Waals surface area contributed by atoms with Crippen molar-refractivity contribution in [2.75, 3.05) is 26.2 Å². The van der Waals surface area contributed by atoms with Gasteiger partial charge >= 0.3 is 0 Å². The number of nitrogens with one attached hydrogen (secondary N) is 2. The second kappa shape index (κ2) is 5.83. The molecule has 88 valence electrons. The fourth-order valence-corrected chi connectivity index (χ4v) is 2.10. The molecule has 2 N–H and O–H groups in total. The Kier molecular flexibility index (Phi) is 4.42. The second-order valence-electron chi connectivity index (χ2n) is 4.85. The van der Waals surface area contributed by atoms with Crippen LogP contribution in [-0.4, -0.2) is 38.4 Å². The van der Waals surface area contributed by atoms with E-state index in [1.54, 1.807) is 0 Å². The van der Waals surface area contributed by atoms with Gasteiger partial charge in [-0.1, -0.05) is 0 Å². The number of rotatable bonds is 8. The number of hydrogen-bond acceptors (Lipinski definition) is 3. The van der Waals surface area contributed by atoms with Gasteiger partial charge in [-0.15, -0.1) is 0 Å². The molecule has 0 radical (unpaired) electrons. The average Bonchev–Trinajstić information content (AvgIpc) is 2.96. The molecule has 15 heavy (non-hydrogen) atoms. The van der Waals surface area contributed by atoms with Crippen LogP contribution in [0.15, 0.2) is 0 Å². The first-order valence-corrected chi connectivity index (χ1v) is 6.44. The highest BCUT2D eigenvalue weighted by atomic mass is 16.5. The minimum atomic E-state index is 0.534. The van der Waals surface area contributed by atoms with E-state index in [0.717, 1.165) is 25.6 Å². The lowest BCUT2D eigenvalue weighted by Gasteiger charge is -2.35. The standard InChI is InChI=1S/C12H24N2O/c1-2-15-12-7-11(8-12)14-6-5-13-9-10-3-4-10/h10-14H,2-9H2,1H3. The van der Waals surface area contributed by atoms with Gasteiger partial charge in [-0.05, 0) is 45.1 Å². The highest BCUT2D eigenvalue weighted by molar-refractivity contribution is 4.86. The molecule has 0 spiro atoms. The zero-order valence-corrected chi connectivity index (χ0v) is 9.80. The van der Waals surface area contributed by atoms with E-state index >= 15 is 0 Å². The molecule has 0 aromatic carbocycles. The van der Waals surface area contributed by atoms with E-state index in [1.807, 2.05) is 0 Å². The largest absolute Gasteiger partial charge is 0.378 e. The van der Waals surface area contributed by atoms with E-state index in [4.69, 9.17) is 4.74 Å². The molecule has 0 bridgehead atoms. The van der Waals surface area contributed by atoms with E-state index in [9.17, 15) is 0 Å². The number of hydrogen-bond donors (Lipinski definition) is 2. The van der Waals surface area contributed by atoms with Crippen molar-refractivity contribution in [1.82, 2.24) is 10.6 Å². The van der Waals surface area contributed by atoms with Gasteiger partial charge < -0.3 is 15.4 Å². The zero-order chi connectivity index (χ0) is 10.5. The van der Waals surface area contributed by atoms with Gasteiger partial charge in [0, 0.05) is 25.7 Å². The Morgan fingerprint density at radius 3 is 2.67 bits per heavy atom. The molecule has 2 rings (SSSR count). The molecule has 0 aliphatic heterocycles. The molecule has 0 amide bonds. The quantitative estimate of drug-likeness (QED) is 0.592. The van der Waals surface area contributed by atoms with Crippen molar-refractivity contribution >= 4 is 0 Å². The summed E-state index contributed by atoms with van der Waals surface area (Å²) in [6, 6.07) is 0.712. The van der Waals surface area contributed by atoms with Gasteiger partial charge in [-0.2, -0.15) is 0 Å². The van der Waals surface area contributed by atoms with Crippen LogP contribution in [0.1, 0.15) is 32.6 Å². The highest BCUT2D eigenvalue weighted by Crippen LogP contribution is 2.27. The molecule has 0 saturated heterocycles. The van der Waals surface area contributed by atoms with Gasteiger partial charge in [-0.3, -0.25) is 0 Å². The molecule has 0 aromatic heterocycles. The monoisotopic (exact) mass is 212 g/mol. The predicted molar refractivity (Wildman–Crippen MR) is 62.0 cm³/mol. The molecule has 0 aromatic rings. The Labute approximate surface area is 93.0 Å². The first kappa shape index (κ1) is 11.4. The van der Waals surface area contributed by atoms with Crippen molar-refractivity contribution in [2.45, 2.75) is 44.8 Å². The van der Waals surface area contributed by atoms with Crippen LogP contribution < -0.4 is 10.6 Å². The molecule has 2 aliphatic carbocycles. The Balaban J connectivity index is 1.36. The van der Waals surface area contributed by atoms with Crippen LogP contribution in [-0.2, 0) is 4.74 Å². The van der Waals surface area contributed by atoms with Gasteiger partial charge in [0.15, 0.2) is 0 Å². The van der Waals surface area contributed by atoms with Crippen LogP contribution in [0, 0.1) is 5.92 Å². The Bertz CT molecular complexity index is 176. The molecule has 0 atom stereocenters. The first-order chi connectivity index (χ1) is 7.38. The minimum absolute atomic E-state index is 0.534. The summed E-state index contributed by atoms with van der Waals surface area (Å²) >= 11 is 0. The maximum absolute atomic E-state index is 5.52. The first-order valence-electron chi connectivity index (χ1n) is 6.44. The van der Waals surface area contributed by atoms with Gasteiger partial charge in [-0.25, -0.2) is 0 Å². The lowest BCUT2D eigenvalue weighted by molar-refractivity contribution is -0.00959. The van der Waals surface area contributed by atoms with Crippen molar-refractivity contribution < 1.29 is 4.74 Å². The van der Waals surface area contributed by atoms with Crippen LogP contribution in [0.2, 0.25) is 0 Å². The van der Waals surface area contributed by atoms with Crippen LogP contribution in [0.25, 0.3) is 0 Å². The van der Waals surface area contributed by atoms with E-state index in [0.29, 0.717) is 12.1 Å². The minimum Gasteiger partial charge on any atom is -0.378 e. The molecule has 2 saturated carbocycles. The smallest absolute Gasteiger partial charge is 0.0604 e. The summed E-state index contributed by atoms with van der Waals surface area (Å²) in [7, 11) is 0. The van der Waals surface area contributed by atoms with Crippen molar-refractivity contribution in [3.63, 3.8) is 0 Å². The molecule has 2 fully saturated rings. The van der Waals surface area contributed by atoms with Gasteiger partial charge in [0.05, 0.1) is 6.10 Å². The molecule has 2 aliphatic rings. The molecule has 3 heteroatoms. The van der Waals surface area contributed by atoms with E-state index < -0.39 is 0 Å². The van der Waals surface area contributed by atoms with E-state index in [1.165, 1.54) is 32.2 Å². The van der Waals surface area contributed by atoms with E-state index in [2.05, 4.69) is 17.6 Å². The van der Waals surface area contributed by atoms with Crippen LogP contribution >= 0.6 is 0 Å². The van der Waals surface area contributed by atoms with Crippen molar-refractivity contribution in [1.29, 1.82) is 0 Å². The maximum Gasteiger partial charge on any atom is 0.0604 e. The van der Waals surface area contributed by atoms with Crippen LogP contribution in [0.3, 0.4) is 0 Å². The maximum atomic E-state index is 5.52. The molecular formula is C12H24N2O. The summed E-state index contributed by atoms with van der Waals surface area (Å²) in [6.45, 7) is 6.39. The third-order valence-electron chi connectivity index (χ3n) is 3.36. The van der Waals surface area contributed by atoms with Crippen molar-refractivity contribution in [3.05, 3.63) is 0 Å². The lowest BCUT2D eigenvalue weighted by Crippen LogP contribution is -2.47. The van der Waals surface area contributed by atoms with Crippen molar-refractivity contribution in [3.8, 4) is 0 Å². The lowest BCUT2D eigenvalue weighted by atomic mass is 9.89. The normalized spacial score (nSPS) is 30.2. The summed E-state index contributed by atoms with van der Waals surface area (Å²) in [5, 5.41) is 7.05. The second-order valence-corrected chi connectivity index (χ2v) is 4.85. The average molecular weight is 212 g/mol. The molecule has 0 heterocycles. The summed E-state index contributed by atoms with van der Waals surface area (Å²) in [5.41, 5.74) is 0. The fourth-order valence-electron chi connectivity index (χ4n) is 2.10. The summed E-state index contributed by atoms with van der Waals surface area (Å²) in [4.78, 5) is 0. The highest BCUT2D eigenvalue weighted by Gasteiger charge is 2.28. The Hall–Kier alpha value is -0.120. The third kappa shape index (κ3) is 4.09. The van der Waals surface area contributed by atoms with E-state index in [-0.39, 0.29) is 0 Å². The van der Waals surface area contributed by atoms with Gasteiger partial charge in [0.25, 0.3) is 0 Å². The van der Waals surface area contributed by atoms with Crippen LogP contribution in [0.5, 0.6) is 0 Å². The molecular weight excluding hydrogens is 188 g/mol. The van der Waals surface area contributed by atoms with Crippen LogP contribution in [0.4, 0.5) is 0 Å². The SMILES string of the molecule is CCOC1CC(NCCNCC2CC2)C1. The fraction of sp³-hybridized carbons (Fsp3) is 1.00. The topological polar surface area (TPSA) is 33.3 Å². The molecule has 3 nitrogen and oxygen atoms in total. The van der Waals surface area contributed by atoms with Crippen molar-refractivity contribution in [2.24, 2.45) is 5.92 Å². The Morgan fingerprint density at radius 2 is 2.00 bits per heavy atom. The third-order valence-corrected chi connectivity index (χ3v) is 3.36. The Morgan fingerprint density at radius 1 is 1.20 bits per heavy atom. The summed E-state index contributed by atoms with van der Waals surface area (Å²) < 4.78 is 5.52. The number of ether oxygens (including phenoxy) is 1. The molecule has 0 unspecified atom stereocenters. The van der Waals surface area contributed by atoms with Gasteiger partial charge in [0.1, 0.15) is 0 Å². The summed E-state index contributed by atoms with van der Waals surface area (Å²) in [6.07, 6.45) is 5.83. The predicted octanol–water partition coefficient (Wildman–Crippen LogP) is 1.14. The summed E-state index contributed by atoms with van der Waals surface area (Å²) in [5.74, 6) is 0.996. The zero-order valence-electron chi connectivity index (χ0n) is 9.80.